The lowest BCUT2D eigenvalue weighted by atomic mass is 10.1. The Balaban J connectivity index is 2.84. The average Bonchev–Trinajstić information content (AvgIpc) is 2.32. The number of rotatable bonds is 2. The van der Waals surface area contributed by atoms with Gasteiger partial charge >= 0.3 is 0 Å². The Morgan fingerprint density at radius 3 is 2.75 bits per heavy atom. The van der Waals surface area contributed by atoms with Crippen molar-refractivity contribution in [1.82, 2.24) is 4.98 Å². The molecule has 0 unspecified atom stereocenters. The lowest BCUT2D eigenvalue weighted by Crippen LogP contribution is -1.97. The van der Waals surface area contributed by atoms with Crippen LogP contribution in [0.15, 0.2) is 18.2 Å². The minimum Gasteiger partial charge on any atom is -0.481 e. The predicted octanol–water partition coefficient (Wildman–Crippen LogP) is 2.01. The SMILES string of the molecule is COc1cc(CO)c2ccc(F)c(F)c2n1. The van der Waals surface area contributed by atoms with Gasteiger partial charge in [-0.3, -0.25) is 0 Å². The van der Waals surface area contributed by atoms with Crippen LogP contribution in [0.4, 0.5) is 8.78 Å². The zero-order valence-electron chi connectivity index (χ0n) is 8.50. The maximum Gasteiger partial charge on any atom is 0.213 e. The molecule has 0 aliphatic heterocycles. The Bertz CT molecular complexity index is 543. The molecule has 0 bridgehead atoms. The van der Waals surface area contributed by atoms with Gasteiger partial charge in [-0.1, -0.05) is 0 Å². The predicted molar refractivity (Wildman–Crippen MR) is 54.1 cm³/mol. The molecule has 1 aromatic heterocycles. The molecule has 0 atom stereocenters. The monoisotopic (exact) mass is 225 g/mol. The highest BCUT2D eigenvalue weighted by atomic mass is 19.2. The fourth-order valence-electron chi connectivity index (χ4n) is 1.51. The minimum absolute atomic E-state index is 0.136. The highest BCUT2D eigenvalue weighted by Crippen LogP contribution is 2.25. The molecule has 0 amide bonds. The number of fused-ring (bicyclic) bond motifs is 1. The van der Waals surface area contributed by atoms with Crippen LogP contribution in [0.1, 0.15) is 5.56 Å². The fraction of sp³-hybridized carbons (Fsp3) is 0.182. The first kappa shape index (κ1) is 10.8. The van der Waals surface area contributed by atoms with Crippen molar-refractivity contribution in [3.8, 4) is 5.88 Å². The molecule has 0 saturated carbocycles. The third-order valence-electron chi connectivity index (χ3n) is 2.31. The Morgan fingerprint density at radius 1 is 1.38 bits per heavy atom. The lowest BCUT2D eigenvalue weighted by molar-refractivity contribution is 0.282. The number of halogens is 2. The molecular formula is C11H9F2NO2. The summed E-state index contributed by atoms with van der Waals surface area (Å²) in [4.78, 5) is 3.81. The second-order valence-corrected chi connectivity index (χ2v) is 3.24. The van der Waals surface area contributed by atoms with Gasteiger partial charge in [0, 0.05) is 11.5 Å². The topological polar surface area (TPSA) is 42.4 Å². The van der Waals surface area contributed by atoms with Crippen LogP contribution in [0.5, 0.6) is 5.88 Å². The van der Waals surface area contributed by atoms with E-state index in [9.17, 15) is 8.78 Å². The summed E-state index contributed by atoms with van der Waals surface area (Å²) in [7, 11) is 1.37. The Kier molecular flexibility index (Phi) is 2.70. The zero-order chi connectivity index (χ0) is 11.7. The van der Waals surface area contributed by atoms with Gasteiger partial charge in [-0.2, -0.15) is 0 Å². The number of hydrogen-bond acceptors (Lipinski definition) is 3. The summed E-state index contributed by atoms with van der Waals surface area (Å²) in [5.41, 5.74) is 0.309. The third-order valence-corrected chi connectivity index (χ3v) is 2.31. The van der Waals surface area contributed by atoms with Gasteiger partial charge in [-0.15, -0.1) is 0 Å². The molecule has 84 valence electrons. The summed E-state index contributed by atoms with van der Waals surface area (Å²) in [5, 5.41) is 9.49. The van der Waals surface area contributed by atoms with Crippen molar-refractivity contribution in [2.45, 2.75) is 6.61 Å². The minimum atomic E-state index is -1.04. The van der Waals surface area contributed by atoms with E-state index >= 15 is 0 Å². The van der Waals surface area contributed by atoms with Crippen LogP contribution in [0, 0.1) is 11.6 Å². The molecule has 0 aliphatic carbocycles. The highest BCUT2D eigenvalue weighted by molar-refractivity contribution is 5.83. The summed E-state index contributed by atoms with van der Waals surface area (Å²) in [6.45, 7) is -0.291. The van der Waals surface area contributed by atoms with Crippen LogP contribution in [-0.2, 0) is 6.61 Å². The Hall–Kier alpha value is -1.75. The fourth-order valence-corrected chi connectivity index (χ4v) is 1.51. The van der Waals surface area contributed by atoms with Crippen molar-refractivity contribution in [3.05, 3.63) is 35.4 Å². The van der Waals surface area contributed by atoms with Crippen molar-refractivity contribution in [2.24, 2.45) is 0 Å². The van der Waals surface area contributed by atoms with Crippen LogP contribution >= 0.6 is 0 Å². The second-order valence-electron chi connectivity index (χ2n) is 3.24. The van der Waals surface area contributed by atoms with Gasteiger partial charge < -0.3 is 9.84 Å². The van der Waals surface area contributed by atoms with Crippen LogP contribution in [0.2, 0.25) is 0 Å². The van der Waals surface area contributed by atoms with E-state index in [1.165, 1.54) is 19.2 Å². The summed E-state index contributed by atoms with van der Waals surface area (Å²) >= 11 is 0. The molecule has 2 aromatic rings. The molecule has 3 nitrogen and oxygen atoms in total. The normalized spacial score (nSPS) is 10.8. The number of aliphatic hydroxyl groups excluding tert-OH is 1. The number of ether oxygens (including phenoxy) is 1. The zero-order valence-corrected chi connectivity index (χ0v) is 8.50. The molecule has 0 aliphatic rings. The van der Waals surface area contributed by atoms with Crippen LogP contribution < -0.4 is 4.74 Å². The van der Waals surface area contributed by atoms with Crippen molar-refractivity contribution in [1.29, 1.82) is 0 Å². The van der Waals surface area contributed by atoms with E-state index in [-0.39, 0.29) is 18.0 Å². The first-order valence-corrected chi connectivity index (χ1v) is 4.60. The molecular weight excluding hydrogens is 216 g/mol. The van der Waals surface area contributed by atoms with Gasteiger partial charge in [-0.25, -0.2) is 13.8 Å². The van der Waals surface area contributed by atoms with Gasteiger partial charge in [0.15, 0.2) is 11.6 Å². The number of aliphatic hydroxyl groups is 1. The number of hydrogen-bond donors (Lipinski definition) is 1. The molecule has 0 saturated heterocycles. The van der Waals surface area contributed by atoms with Crippen LogP contribution in [0.3, 0.4) is 0 Å². The van der Waals surface area contributed by atoms with Gasteiger partial charge in [-0.05, 0) is 17.7 Å². The maximum atomic E-state index is 13.5. The largest absolute Gasteiger partial charge is 0.481 e. The van der Waals surface area contributed by atoms with E-state index in [1.54, 1.807) is 0 Å². The Morgan fingerprint density at radius 2 is 2.12 bits per heavy atom. The quantitative estimate of drug-likeness (QED) is 0.850. The summed E-state index contributed by atoms with van der Waals surface area (Å²) < 4.78 is 31.3. The van der Waals surface area contributed by atoms with Crippen molar-refractivity contribution >= 4 is 10.9 Å². The molecule has 1 N–H and O–H groups in total. The molecule has 0 radical (unpaired) electrons. The van der Waals surface area contributed by atoms with E-state index in [4.69, 9.17) is 9.84 Å². The van der Waals surface area contributed by atoms with Gasteiger partial charge in [0.1, 0.15) is 5.52 Å². The average molecular weight is 225 g/mol. The molecule has 5 heteroatoms. The molecule has 0 fully saturated rings. The van der Waals surface area contributed by atoms with Crippen LogP contribution in [0.25, 0.3) is 10.9 Å². The summed E-state index contributed by atoms with van der Waals surface area (Å²) in [5.74, 6) is -1.87. The Labute approximate surface area is 90.3 Å². The third kappa shape index (κ3) is 1.59. The smallest absolute Gasteiger partial charge is 0.213 e. The number of nitrogens with zero attached hydrogens (tertiary/aromatic N) is 1. The van der Waals surface area contributed by atoms with Gasteiger partial charge in [0.2, 0.25) is 5.88 Å². The summed E-state index contributed by atoms with van der Waals surface area (Å²) in [6.07, 6.45) is 0. The number of aromatic nitrogens is 1. The molecule has 1 heterocycles. The van der Waals surface area contributed by atoms with Crippen molar-refractivity contribution < 1.29 is 18.6 Å². The number of methoxy groups -OCH3 is 1. The van der Waals surface area contributed by atoms with Crippen molar-refractivity contribution in [2.75, 3.05) is 7.11 Å². The van der Waals surface area contributed by atoms with Crippen LogP contribution in [-0.4, -0.2) is 17.2 Å². The van der Waals surface area contributed by atoms with E-state index < -0.39 is 11.6 Å². The molecule has 0 spiro atoms. The highest BCUT2D eigenvalue weighted by Gasteiger charge is 2.13. The van der Waals surface area contributed by atoms with E-state index in [1.807, 2.05) is 0 Å². The second kappa shape index (κ2) is 4.02. The summed E-state index contributed by atoms with van der Waals surface area (Å²) in [6, 6.07) is 3.87. The molecule has 1 aromatic carbocycles. The van der Waals surface area contributed by atoms with Gasteiger partial charge in [0.25, 0.3) is 0 Å². The van der Waals surface area contributed by atoms with Crippen molar-refractivity contribution in [3.63, 3.8) is 0 Å². The maximum absolute atomic E-state index is 13.5. The van der Waals surface area contributed by atoms with E-state index in [0.717, 1.165) is 6.07 Å². The van der Waals surface area contributed by atoms with Gasteiger partial charge in [0.05, 0.1) is 13.7 Å². The first-order valence-electron chi connectivity index (χ1n) is 4.60. The standard InChI is InChI=1S/C11H9F2NO2/c1-16-9-4-6(5-15)7-2-3-8(12)10(13)11(7)14-9/h2-4,15H,5H2,1H3. The van der Waals surface area contributed by atoms with E-state index in [2.05, 4.69) is 4.98 Å². The molecule has 16 heavy (non-hydrogen) atoms. The molecule has 2 rings (SSSR count). The number of benzene rings is 1. The van der Waals surface area contributed by atoms with E-state index in [0.29, 0.717) is 10.9 Å². The number of pyridine rings is 1. The lowest BCUT2D eigenvalue weighted by Gasteiger charge is -2.07. The first-order chi connectivity index (χ1) is 7.67.